The molecule has 0 aromatic rings. The van der Waals surface area contributed by atoms with Crippen molar-refractivity contribution < 1.29 is 24.2 Å². The molecule has 0 aromatic carbocycles. The molecule has 1 saturated heterocycles. The number of hydrogen-bond acceptors (Lipinski definition) is 4. The SMILES string of the molecule is CCC1(CCC(=O)O)CCCN(C(=O)OC(C)(C)C)CCCC1=O. The van der Waals surface area contributed by atoms with Crippen LogP contribution < -0.4 is 0 Å². The van der Waals surface area contributed by atoms with Gasteiger partial charge in [0.25, 0.3) is 0 Å². The van der Waals surface area contributed by atoms with Crippen LogP contribution >= 0.6 is 0 Å². The molecule has 0 radical (unpaired) electrons. The molecule has 1 amide bonds. The standard InChI is InChI=1S/C18H31NO5/c1-5-18(11-9-15(21)22)10-7-13-19(12-6-8-14(18)20)16(23)24-17(2,3)4/h5-13H2,1-4H3,(H,21,22). The number of ketones is 1. The van der Waals surface area contributed by atoms with Gasteiger partial charge in [-0.05, 0) is 52.9 Å². The molecular formula is C18H31NO5. The molecule has 1 fully saturated rings. The predicted octanol–water partition coefficient (Wildman–Crippen LogP) is 3.63. The van der Waals surface area contributed by atoms with Crippen LogP contribution in [-0.4, -0.2) is 46.5 Å². The van der Waals surface area contributed by atoms with Gasteiger partial charge in [0.05, 0.1) is 0 Å². The molecule has 0 aliphatic carbocycles. The number of carboxylic acid groups (broad SMARTS) is 1. The Hall–Kier alpha value is -1.59. The average molecular weight is 341 g/mol. The molecule has 0 spiro atoms. The third kappa shape index (κ3) is 6.13. The maximum atomic E-state index is 12.7. The lowest BCUT2D eigenvalue weighted by Gasteiger charge is -2.31. The summed E-state index contributed by atoms with van der Waals surface area (Å²) in [5.74, 6) is -0.733. The molecule has 24 heavy (non-hydrogen) atoms. The molecule has 1 heterocycles. The highest BCUT2D eigenvalue weighted by molar-refractivity contribution is 5.85. The lowest BCUT2D eigenvalue weighted by Crippen LogP contribution is -2.38. The van der Waals surface area contributed by atoms with Gasteiger partial charge in [0.2, 0.25) is 0 Å². The van der Waals surface area contributed by atoms with E-state index in [1.165, 1.54) is 0 Å². The monoisotopic (exact) mass is 341 g/mol. The number of Topliss-reactive ketones (excluding diaryl/α,β-unsaturated/α-hetero) is 1. The average Bonchev–Trinajstić information content (AvgIpc) is 2.53. The van der Waals surface area contributed by atoms with Gasteiger partial charge >= 0.3 is 12.1 Å². The lowest BCUT2D eigenvalue weighted by molar-refractivity contribution is -0.138. The van der Waals surface area contributed by atoms with Crippen LogP contribution in [0.2, 0.25) is 0 Å². The van der Waals surface area contributed by atoms with Gasteiger partial charge in [-0.25, -0.2) is 4.79 Å². The van der Waals surface area contributed by atoms with Gasteiger partial charge in [0, 0.05) is 31.3 Å². The Morgan fingerprint density at radius 2 is 1.88 bits per heavy atom. The summed E-state index contributed by atoms with van der Waals surface area (Å²) in [5, 5.41) is 8.96. The number of rotatable bonds is 4. The lowest BCUT2D eigenvalue weighted by atomic mass is 9.72. The fourth-order valence-electron chi connectivity index (χ4n) is 3.23. The minimum absolute atomic E-state index is 0.00929. The van der Waals surface area contributed by atoms with Crippen molar-refractivity contribution in [3.05, 3.63) is 0 Å². The molecule has 1 rings (SSSR count). The number of nitrogens with zero attached hydrogens (tertiary/aromatic N) is 1. The summed E-state index contributed by atoms with van der Waals surface area (Å²) >= 11 is 0. The van der Waals surface area contributed by atoms with Crippen LogP contribution in [0.25, 0.3) is 0 Å². The fraction of sp³-hybridized carbons (Fsp3) is 0.833. The summed E-state index contributed by atoms with van der Waals surface area (Å²) < 4.78 is 5.42. The van der Waals surface area contributed by atoms with Crippen molar-refractivity contribution in [2.45, 2.75) is 78.2 Å². The molecule has 1 unspecified atom stereocenters. The normalized spacial score (nSPS) is 23.2. The van der Waals surface area contributed by atoms with E-state index in [2.05, 4.69) is 0 Å². The van der Waals surface area contributed by atoms with Crippen molar-refractivity contribution in [2.75, 3.05) is 13.1 Å². The first-order chi connectivity index (χ1) is 11.1. The Morgan fingerprint density at radius 1 is 1.25 bits per heavy atom. The van der Waals surface area contributed by atoms with Gasteiger partial charge in [-0.2, -0.15) is 0 Å². The second-order valence-corrected chi connectivity index (χ2v) is 7.63. The first-order valence-electron chi connectivity index (χ1n) is 8.83. The van der Waals surface area contributed by atoms with Gasteiger partial charge in [0.1, 0.15) is 11.4 Å². The maximum Gasteiger partial charge on any atom is 0.410 e. The molecule has 0 aromatic heterocycles. The van der Waals surface area contributed by atoms with Crippen LogP contribution in [0.4, 0.5) is 4.79 Å². The smallest absolute Gasteiger partial charge is 0.410 e. The highest BCUT2D eigenvalue weighted by Gasteiger charge is 2.37. The largest absolute Gasteiger partial charge is 0.481 e. The van der Waals surface area contributed by atoms with E-state index in [-0.39, 0.29) is 18.3 Å². The van der Waals surface area contributed by atoms with E-state index in [1.54, 1.807) is 4.90 Å². The van der Waals surface area contributed by atoms with Crippen LogP contribution in [0.1, 0.15) is 72.6 Å². The van der Waals surface area contributed by atoms with E-state index in [0.29, 0.717) is 51.6 Å². The summed E-state index contributed by atoms with van der Waals surface area (Å²) in [7, 11) is 0. The topological polar surface area (TPSA) is 83.9 Å². The molecule has 1 aliphatic heterocycles. The minimum atomic E-state index is -0.870. The number of hydrogen-bond donors (Lipinski definition) is 1. The maximum absolute atomic E-state index is 12.7. The predicted molar refractivity (Wildman–Crippen MR) is 90.9 cm³/mol. The Kier molecular flexibility index (Phi) is 7.24. The number of amides is 1. The van der Waals surface area contributed by atoms with Crippen molar-refractivity contribution in [3.63, 3.8) is 0 Å². The van der Waals surface area contributed by atoms with Crippen molar-refractivity contribution in [3.8, 4) is 0 Å². The Balaban J connectivity index is 2.78. The number of carbonyl (C=O) groups is 3. The third-order valence-corrected chi connectivity index (χ3v) is 4.65. The highest BCUT2D eigenvalue weighted by atomic mass is 16.6. The molecule has 6 heteroatoms. The van der Waals surface area contributed by atoms with Gasteiger partial charge in [-0.3, -0.25) is 9.59 Å². The van der Waals surface area contributed by atoms with Crippen molar-refractivity contribution in [1.29, 1.82) is 0 Å². The quantitative estimate of drug-likeness (QED) is 0.844. The fourth-order valence-corrected chi connectivity index (χ4v) is 3.23. The molecule has 0 bridgehead atoms. The van der Waals surface area contributed by atoms with Gasteiger partial charge < -0.3 is 14.7 Å². The number of aliphatic carboxylic acids is 1. The minimum Gasteiger partial charge on any atom is -0.481 e. The van der Waals surface area contributed by atoms with Gasteiger partial charge in [-0.1, -0.05) is 6.92 Å². The summed E-state index contributed by atoms with van der Waals surface area (Å²) in [4.78, 5) is 37.5. The molecule has 1 aliphatic rings. The van der Waals surface area contributed by atoms with Crippen LogP contribution in [0.15, 0.2) is 0 Å². The van der Waals surface area contributed by atoms with Crippen LogP contribution in [0.5, 0.6) is 0 Å². The summed E-state index contributed by atoms with van der Waals surface area (Å²) in [6.45, 7) is 8.48. The summed E-state index contributed by atoms with van der Waals surface area (Å²) in [6.07, 6.45) is 2.96. The molecule has 1 atom stereocenters. The van der Waals surface area contributed by atoms with Crippen molar-refractivity contribution in [2.24, 2.45) is 5.41 Å². The van der Waals surface area contributed by atoms with Crippen molar-refractivity contribution in [1.82, 2.24) is 4.90 Å². The molecule has 138 valence electrons. The van der Waals surface area contributed by atoms with E-state index >= 15 is 0 Å². The Labute approximate surface area is 144 Å². The van der Waals surface area contributed by atoms with E-state index in [1.807, 2.05) is 27.7 Å². The second kappa shape index (κ2) is 8.49. The third-order valence-electron chi connectivity index (χ3n) is 4.65. The molecule has 1 N–H and O–H groups in total. The Bertz CT molecular complexity index is 469. The van der Waals surface area contributed by atoms with E-state index in [9.17, 15) is 14.4 Å². The number of carboxylic acids is 1. The van der Waals surface area contributed by atoms with E-state index < -0.39 is 17.0 Å². The van der Waals surface area contributed by atoms with E-state index in [4.69, 9.17) is 9.84 Å². The molecule has 6 nitrogen and oxygen atoms in total. The van der Waals surface area contributed by atoms with Crippen LogP contribution in [0.3, 0.4) is 0 Å². The van der Waals surface area contributed by atoms with Crippen LogP contribution in [0, 0.1) is 5.41 Å². The molecular weight excluding hydrogens is 310 g/mol. The first kappa shape index (κ1) is 20.5. The first-order valence-corrected chi connectivity index (χ1v) is 8.83. The Morgan fingerprint density at radius 3 is 2.42 bits per heavy atom. The molecule has 0 saturated carbocycles. The highest BCUT2D eigenvalue weighted by Crippen LogP contribution is 2.37. The van der Waals surface area contributed by atoms with Crippen molar-refractivity contribution >= 4 is 17.8 Å². The zero-order chi connectivity index (χ0) is 18.4. The van der Waals surface area contributed by atoms with Crippen LogP contribution in [-0.2, 0) is 14.3 Å². The summed E-state index contributed by atoms with van der Waals surface area (Å²) in [5.41, 5.74) is -1.11. The zero-order valence-electron chi connectivity index (χ0n) is 15.4. The van der Waals surface area contributed by atoms with Gasteiger partial charge in [0.15, 0.2) is 0 Å². The number of ether oxygens (including phenoxy) is 1. The number of carbonyl (C=O) groups excluding carboxylic acids is 2. The van der Waals surface area contributed by atoms with E-state index in [0.717, 1.165) is 0 Å². The summed E-state index contributed by atoms with van der Waals surface area (Å²) in [6, 6.07) is 0. The second-order valence-electron chi connectivity index (χ2n) is 7.63. The van der Waals surface area contributed by atoms with Gasteiger partial charge in [-0.15, -0.1) is 0 Å². The zero-order valence-corrected chi connectivity index (χ0v) is 15.4.